The Balaban J connectivity index is 1.27. The predicted molar refractivity (Wildman–Crippen MR) is 125 cm³/mol. The van der Waals surface area contributed by atoms with Crippen molar-refractivity contribution in [2.45, 2.75) is 25.2 Å². The van der Waals surface area contributed by atoms with Gasteiger partial charge in [0.2, 0.25) is 5.91 Å². The number of hydrogen-bond acceptors (Lipinski definition) is 6. The van der Waals surface area contributed by atoms with Gasteiger partial charge in [-0.1, -0.05) is 29.8 Å². The summed E-state index contributed by atoms with van der Waals surface area (Å²) in [6.07, 6.45) is 4.85. The number of thiazole rings is 1. The molecule has 0 bridgehead atoms. The van der Waals surface area contributed by atoms with Gasteiger partial charge < -0.3 is 4.90 Å². The number of halogens is 1. The van der Waals surface area contributed by atoms with E-state index in [0.717, 1.165) is 23.4 Å². The Morgan fingerprint density at radius 2 is 1.73 bits per heavy atom. The minimum absolute atomic E-state index is 0.0608. The maximum Gasteiger partial charge on any atom is 0.289 e. The van der Waals surface area contributed by atoms with Crippen molar-refractivity contribution in [3.63, 3.8) is 0 Å². The number of carbonyl (C=O) groups excluding carboxylic acids is 3. The lowest BCUT2D eigenvalue weighted by Crippen LogP contribution is -2.41. The van der Waals surface area contributed by atoms with Crippen LogP contribution in [0.15, 0.2) is 54.2 Å². The molecule has 170 valence electrons. The van der Waals surface area contributed by atoms with Crippen LogP contribution in [0.2, 0.25) is 5.02 Å². The van der Waals surface area contributed by atoms with Gasteiger partial charge in [-0.05, 0) is 36.6 Å². The van der Waals surface area contributed by atoms with Crippen molar-refractivity contribution >= 4 is 40.7 Å². The van der Waals surface area contributed by atoms with Crippen LogP contribution in [0, 0.1) is 0 Å². The minimum atomic E-state index is -0.479. The normalized spacial score (nSPS) is 14.0. The van der Waals surface area contributed by atoms with Gasteiger partial charge in [-0.25, -0.2) is 4.98 Å². The molecule has 1 aromatic carbocycles. The maximum atomic E-state index is 12.6. The summed E-state index contributed by atoms with van der Waals surface area (Å²) in [5.74, 6) is -0.666. The molecular weight excluding hydrogens is 462 g/mol. The number of piperidine rings is 1. The monoisotopic (exact) mass is 483 g/mol. The lowest BCUT2D eigenvalue weighted by atomic mass is 9.97. The molecule has 0 unspecified atom stereocenters. The second kappa shape index (κ2) is 10.5. The second-order valence-electron chi connectivity index (χ2n) is 7.64. The molecule has 1 fully saturated rings. The van der Waals surface area contributed by atoms with Crippen molar-refractivity contribution in [2.24, 2.45) is 0 Å². The molecule has 0 spiro atoms. The van der Waals surface area contributed by atoms with Crippen molar-refractivity contribution in [1.82, 2.24) is 25.7 Å². The zero-order chi connectivity index (χ0) is 23.2. The Labute approximate surface area is 200 Å². The molecule has 10 heteroatoms. The van der Waals surface area contributed by atoms with E-state index in [1.54, 1.807) is 23.6 Å². The molecule has 1 saturated heterocycles. The third-order valence-corrected chi connectivity index (χ3v) is 6.86. The van der Waals surface area contributed by atoms with Crippen molar-refractivity contribution < 1.29 is 14.4 Å². The molecule has 2 N–H and O–H groups in total. The molecule has 0 saturated carbocycles. The number of likely N-dealkylation sites (tertiary alicyclic amines) is 1. The number of benzene rings is 1. The molecule has 2 aromatic heterocycles. The van der Waals surface area contributed by atoms with E-state index in [0.29, 0.717) is 23.7 Å². The van der Waals surface area contributed by atoms with Crippen molar-refractivity contribution in [1.29, 1.82) is 0 Å². The molecule has 8 nitrogen and oxygen atoms in total. The fraction of sp³-hybridized carbons (Fsp3) is 0.261. The van der Waals surface area contributed by atoms with Gasteiger partial charge in [0, 0.05) is 47.4 Å². The topological polar surface area (TPSA) is 104 Å². The molecule has 3 aromatic rings. The van der Waals surface area contributed by atoms with E-state index in [1.165, 1.54) is 23.7 Å². The van der Waals surface area contributed by atoms with E-state index in [4.69, 9.17) is 11.6 Å². The lowest BCUT2D eigenvalue weighted by molar-refractivity contribution is -0.131. The van der Waals surface area contributed by atoms with E-state index >= 15 is 0 Å². The quantitative estimate of drug-likeness (QED) is 0.542. The van der Waals surface area contributed by atoms with Crippen molar-refractivity contribution in [2.75, 3.05) is 13.1 Å². The minimum Gasteiger partial charge on any atom is -0.342 e. The van der Waals surface area contributed by atoms with Gasteiger partial charge >= 0.3 is 0 Å². The van der Waals surface area contributed by atoms with E-state index in [-0.39, 0.29) is 23.9 Å². The second-order valence-corrected chi connectivity index (χ2v) is 8.94. The van der Waals surface area contributed by atoms with E-state index in [2.05, 4.69) is 20.8 Å². The van der Waals surface area contributed by atoms with Crippen LogP contribution < -0.4 is 10.9 Å². The van der Waals surface area contributed by atoms with Gasteiger partial charge in [0.05, 0.1) is 11.4 Å². The first-order chi connectivity index (χ1) is 16.0. The van der Waals surface area contributed by atoms with Crippen LogP contribution in [-0.4, -0.2) is 45.7 Å². The Kier molecular flexibility index (Phi) is 7.31. The SMILES string of the molecule is O=C(NNC(=O)c1csc(C2CCN(C(=O)Cc3ccccc3Cl)CC2)n1)c1ccncc1. The zero-order valence-corrected chi connectivity index (χ0v) is 19.2. The third kappa shape index (κ3) is 5.74. The number of rotatable bonds is 5. The molecule has 1 aliphatic rings. The first-order valence-corrected chi connectivity index (χ1v) is 11.7. The highest BCUT2D eigenvalue weighted by Crippen LogP contribution is 2.30. The van der Waals surface area contributed by atoms with Crippen LogP contribution in [0.1, 0.15) is 50.2 Å². The Hall–Kier alpha value is -3.30. The van der Waals surface area contributed by atoms with Crippen LogP contribution in [-0.2, 0) is 11.2 Å². The highest BCUT2D eigenvalue weighted by molar-refractivity contribution is 7.09. The van der Waals surface area contributed by atoms with Gasteiger partial charge in [-0.2, -0.15) is 0 Å². The van der Waals surface area contributed by atoms with E-state index in [9.17, 15) is 14.4 Å². The number of hydrogen-bond donors (Lipinski definition) is 2. The summed E-state index contributed by atoms with van der Waals surface area (Å²) in [4.78, 5) is 47.2. The van der Waals surface area contributed by atoms with Crippen LogP contribution in [0.4, 0.5) is 0 Å². The molecule has 0 aliphatic carbocycles. The van der Waals surface area contributed by atoms with Crippen LogP contribution in [0.25, 0.3) is 0 Å². The highest BCUT2D eigenvalue weighted by atomic mass is 35.5. The first-order valence-electron chi connectivity index (χ1n) is 10.5. The summed E-state index contributed by atoms with van der Waals surface area (Å²) in [6.45, 7) is 1.27. The summed E-state index contributed by atoms with van der Waals surface area (Å²) in [5.41, 5.74) is 6.23. The molecule has 3 amide bonds. The summed E-state index contributed by atoms with van der Waals surface area (Å²) >= 11 is 7.59. The maximum absolute atomic E-state index is 12.6. The van der Waals surface area contributed by atoms with E-state index < -0.39 is 11.8 Å². The number of pyridine rings is 1. The summed E-state index contributed by atoms with van der Waals surface area (Å²) < 4.78 is 0. The zero-order valence-electron chi connectivity index (χ0n) is 17.7. The Morgan fingerprint density at radius 3 is 2.45 bits per heavy atom. The van der Waals surface area contributed by atoms with Gasteiger partial charge in [-0.3, -0.25) is 30.2 Å². The average molecular weight is 484 g/mol. The standard InChI is InChI=1S/C23H22ClN5O3S/c24-18-4-2-1-3-17(18)13-20(30)29-11-7-16(8-12-29)23-26-19(14-33-23)22(32)28-27-21(31)15-5-9-25-10-6-15/h1-6,9-10,14,16H,7-8,11-13H2,(H,27,31)(H,28,32). The summed E-state index contributed by atoms with van der Waals surface area (Å²) in [6, 6.07) is 10.5. The van der Waals surface area contributed by atoms with Crippen LogP contribution in [0.5, 0.6) is 0 Å². The predicted octanol–water partition coefficient (Wildman–Crippen LogP) is 3.22. The number of amides is 3. The number of carbonyl (C=O) groups is 3. The molecule has 1 aliphatic heterocycles. The largest absolute Gasteiger partial charge is 0.342 e. The van der Waals surface area contributed by atoms with Gasteiger partial charge in [-0.15, -0.1) is 11.3 Å². The first kappa shape index (κ1) is 22.9. The van der Waals surface area contributed by atoms with Crippen molar-refractivity contribution in [3.8, 4) is 0 Å². The smallest absolute Gasteiger partial charge is 0.289 e. The van der Waals surface area contributed by atoms with Gasteiger partial charge in [0.25, 0.3) is 11.8 Å². The summed E-state index contributed by atoms with van der Waals surface area (Å²) in [5, 5.41) is 3.14. The molecule has 4 rings (SSSR count). The average Bonchev–Trinajstić information content (AvgIpc) is 3.35. The van der Waals surface area contributed by atoms with Gasteiger partial charge in [0.1, 0.15) is 5.69 Å². The molecule has 33 heavy (non-hydrogen) atoms. The number of hydrazine groups is 1. The van der Waals surface area contributed by atoms with Crippen molar-refractivity contribution in [3.05, 3.63) is 81.0 Å². The fourth-order valence-electron chi connectivity index (χ4n) is 3.62. The van der Waals surface area contributed by atoms with Gasteiger partial charge in [0.15, 0.2) is 0 Å². The number of nitrogens with one attached hydrogen (secondary N) is 2. The molecule has 0 radical (unpaired) electrons. The molecule has 0 atom stereocenters. The van der Waals surface area contributed by atoms with E-state index in [1.807, 2.05) is 23.1 Å². The Bertz CT molecular complexity index is 1150. The summed E-state index contributed by atoms with van der Waals surface area (Å²) in [7, 11) is 0. The van der Waals surface area contributed by atoms with Crippen LogP contribution in [0.3, 0.4) is 0 Å². The Morgan fingerprint density at radius 1 is 1.03 bits per heavy atom. The third-order valence-electron chi connectivity index (χ3n) is 5.48. The molecular formula is C23H22ClN5O3S. The van der Waals surface area contributed by atoms with Crippen LogP contribution >= 0.6 is 22.9 Å². The fourth-order valence-corrected chi connectivity index (χ4v) is 4.80. The number of aromatic nitrogens is 2. The molecule has 3 heterocycles. The number of nitrogens with zero attached hydrogens (tertiary/aromatic N) is 3. The lowest BCUT2D eigenvalue weighted by Gasteiger charge is -2.31. The highest BCUT2D eigenvalue weighted by Gasteiger charge is 2.26.